The van der Waals surface area contributed by atoms with E-state index in [0.29, 0.717) is 5.75 Å². The molecule has 0 spiro atoms. The van der Waals surface area contributed by atoms with Crippen molar-refractivity contribution in [3.8, 4) is 16.9 Å². The summed E-state index contributed by atoms with van der Waals surface area (Å²) in [6, 6.07) is 19.4. The third-order valence-corrected chi connectivity index (χ3v) is 6.08. The second-order valence-corrected chi connectivity index (χ2v) is 8.14. The number of ether oxygens (including phenoxy) is 2. The molecule has 0 saturated heterocycles. The van der Waals surface area contributed by atoms with Crippen LogP contribution >= 0.6 is 0 Å². The predicted molar refractivity (Wildman–Crippen MR) is 131 cm³/mol. The summed E-state index contributed by atoms with van der Waals surface area (Å²) >= 11 is 0. The Labute approximate surface area is 202 Å². The van der Waals surface area contributed by atoms with Gasteiger partial charge in [0, 0.05) is 12.0 Å². The minimum atomic E-state index is -1.19. The van der Waals surface area contributed by atoms with Crippen LogP contribution in [0.25, 0.3) is 11.1 Å². The van der Waals surface area contributed by atoms with Crippen molar-refractivity contribution in [3.63, 3.8) is 0 Å². The number of fused-ring (bicyclic) bond motifs is 3. The van der Waals surface area contributed by atoms with Crippen molar-refractivity contribution in [2.24, 2.45) is 0 Å². The number of carbonyl (C=O) groups excluding carboxylic acids is 2. The van der Waals surface area contributed by atoms with Crippen LogP contribution in [0.15, 0.2) is 66.7 Å². The molecule has 3 aromatic rings. The van der Waals surface area contributed by atoms with Crippen LogP contribution in [0.1, 0.15) is 40.7 Å². The fraction of sp³-hybridized carbons (Fsp3) is 0.222. The molecule has 4 rings (SSSR count). The highest BCUT2D eigenvalue weighted by Gasteiger charge is 2.29. The summed E-state index contributed by atoms with van der Waals surface area (Å²) in [5, 5.41) is 14.6. The number of aromatic carboxylic acids is 1. The predicted octanol–water partition coefficient (Wildman–Crippen LogP) is 4.65. The first-order valence-corrected chi connectivity index (χ1v) is 11.3. The van der Waals surface area contributed by atoms with E-state index >= 15 is 0 Å². The van der Waals surface area contributed by atoms with Crippen molar-refractivity contribution < 1.29 is 29.0 Å². The maximum absolute atomic E-state index is 12.8. The third kappa shape index (κ3) is 4.96. The Balaban J connectivity index is 1.42. The van der Waals surface area contributed by atoms with E-state index in [9.17, 15) is 19.5 Å². The molecule has 0 aromatic heterocycles. The highest BCUT2D eigenvalue weighted by molar-refractivity contribution is 6.03. The largest absolute Gasteiger partial charge is 0.497 e. The van der Waals surface area contributed by atoms with Crippen LogP contribution in [-0.2, 0) is 9.53 Å². The van der Waals surface area contributed by atoms with E-state index in [1.807, 2.05) is 36.4 Å². The minimum Gasteiger partial charge on any atom is -0.497 e. The number of benzene rings is 3. The van der Waals surface area contributed by atoms with Gasteiger partial charge in [-0.15, -0.1) is 0 Å². The number of rotatable bonds is 8. The summed E-state index contributed by atoms with van der Waals surface area (Å²) in [4.78, 5) is 36.9. The number of hydrogen-bond acceptors (Lipinski definition) is 5. The Hall–Kier alpha value is -4.33. The number of methoxy groups -OCH3 is 1. The van der Waals surface area contributed by atoms with E-state index in [4.69, 9.17) is 9.47 Å². The maximum atomic E-state index is 12.8. The van der Waals surface area contributed by atoms with E-state index in [1.165, 1.54) is 25.3 Å². The van der Waals surface area contributed by atoms with Crippen LogP contribution in [0.2, 0.25) is 0 Å². The molecule has 1 aliphatic carbocycles. The van der Waals surface area contributed by atoms with Crippen LogP contribution in [0.3, 0.4) is 0 Å². The van der Waals surface area contributed by atoms with Crippen LogP contribution in [0.5, 0.6) is 5.75 Å². The summed E-state index contributed by atoms with van der Waals surface area (Å²) in [6.07, 6.45) is -0.444. The lowest BCUT2D eigenvalue weighted by molar-refractivity contribution is -0.118. The number of hydrogen-bond donors (Lipinski definition) is 3. The normalized spacial score (nSPS) is 12.7. The molecule has 180 valence electrons. The molecule has 0 unspecified atom stereocenters. The number of carboxylic acid groups (broad SMARTS) is 1. The second kappa shape index (κ2) is 10.3. The first-order valence-electron chi connectivity index (χ1n) is 11.3. The van der Waals surface area contributed by atoms with Gasteiger partial charge in [-0.1, -0.05) is 55.5 Å². The number of anilines is 1. The summed E-state index contributed by atoms with van der Waals surface area (Å²) in [5.41, 5.74) is 4.41. The smallest absolute Gasteiger partial charge is 0.407 e. The van der Waals surface area contributed by atoms with Gasteiger partial charge in [0.05, 0.1) is 18.4 Å². The summed E-state index contributed by atoms with van der Waals surface area (Å²) in [5.74, 6) is -1.46. The van der Waals surface area contributed by atoms with Gasteiger partial charge in [0.15, 0.2) is 0 Å². The molecule has 0 saturated carbocycles. The van der Waals surface area contributed by atoms with Crippen LogP contribution in [0.4, 0.5) is 10.5 Å². The Morgan fingerprint density at radius 2 is 1.60 bits per heavy atom. The third-order valence-electron chi connectivity index (χ3n) is 6.08. The van der Waals surface area contributed by atoms with Crippen molar-refractivity contribution in [2.45, 2.75) is 25.3 Å². The van der Waals surface area contributed by atoms with Crippen LogP contribution in [0, 0.1) is 0 Å². The van der Waals surface area contributed by atoms with E-state index < -0.39 is 24.0 Å². The van der Waals surface area contributed by atoms with Crippen molar-refractivity contribution >= 4 is 23.7 Å². The zero-order valence-electron chi connectivity index (χ0n) is 19.4. The SMILES string of the molecule is CC[C@H](NC(=O)OCC1c2ccccc2-c2ccccc21)C(=O)Nc1cc(OC)ccc1C(=O)O. The Bertz CT molecular complexity index is 1230. The molecule has 0 radical (unpaired) electrons. The Morgan fingerprint density at radius 3 is 2.17 bits per heavy atom. The van der Waals surface area contributed by atoms with Gasteiger partial charge >= 0.3 is 12.1 Å². The van der Waals surface area contributed by atoms with Crippen LogP contribution < -0.4 is 15.4 Å². The average molecular weight is 475 g/mol. The van der Waals surface area contributed by atoms with E-state index in [2.05, 4.69) is 22.8 Å². The molecule has 35 heavy (non-hydrogen) atoms. The van der Waals surface area contributed by atoms with E-state index in [0.717, 1.165) is 22.3 Å². The fourth-order valence-electron chi connectivity index (χ4n) is 4.30. The van der Waals surface area contributed by atoms with Gasteiger partial charge in [0.1, 0.15) is 18.4 Å². The van der Waals surface area contributed by atoms with Gasteiger partial charge in [-0.3, -0.25) is 4.79 Å². The summed E-state index contributed by atoms with van der Waals surface area (Å²) in [6.45, 7) is 1.86. The van der Waals surface area contributed by atoms with E-state index in [-0.39, 0.29) is 30.2 Å². The number of amides is 2. The van der Waals surface area contributed by atoms with Crippen LogP contribution in [-0.4, -0.2) is 42.8 Å². The molecule has 8 heteroatoms. The van der Waals surface area contributed by atoms with Crippen molar-refractivity contribution in [2.75, 3.05) is 19.0 Å². The molecule has 3 N–H and O–H groups in total. The molecule has 1 aliphatic rings. The molecule has 0 bridgehead atoms. The molecule has 1 atom stereocenters. The molecule has 3 aromatic carbocycles. The molecule has 8 nitrogen and oxygen atoms in total. The number of carboxylic acids is 1. The molecule has 0 aliphatic heterocycles. The Kier molecular flexibility index (Phi) is 7.01. The quantitative estimate of drug-likeness (QED) is 0.438. The van der Waals surface area contributed by atoms with Gasteiger partial charge < -0.3 is 25.2 Å². The standard InChI is InChI=1S/C27H26N2O6/c1-3-23(25(30)28-24-14-16(34-2)12-13-21(24)26(31)32)29-27(33)35-15-22-19-10-6-4-8-17(19)18-9-5-7-11-20(18)22/h4-14,22-23H,3,15H2,1-2H3,(H,28,30)(H,29,33)(H,31,32)/t23-/m0/s1. The van der Waals surface area contributed by atoms with Crippen molar-refractivity contribution in [1.82, 2.24) is 5.32 Å². The highest BCUT2D eigenvalue weighted by Crippen LogP contribution is 2.44. The number of alkyl carbamates (subject to hydrolysis) is 1. The van der Waals surface area contributed by atoms with E-state index in [1.54, 1.807) is 6.92 Å². The monoisotopic (exact) mass is 474 g/mol. The zero-order chi connectivity index (χ0) is 24.9. The van der Waals surface area contributed by atoms with Gasteiger partial charge in [-0.05, 0) is 40.8 Å². The average Bonchev–Trinajstić information content (AvgIpc) is 3.19. The lowest BCUT2D eigenvalue weighted by Crippen LogP contribution is -2.44. The topological polar surface area (TPSA) is 114 Å². The maximum Gasteiger partial charge on any atom is 0.407 e. The van der Waals surface area contributed by atoms with Gasteiger partial charge in [-0.25, -0.2) is 9.59 Å². The molecule has 0 heterocycles. The minimum absolute atomic E-state index is 0.0784. The first-order chi connectivity index (χ1) is 16.9. The lowest BCUT2D eigenvalue weighted by atomic mass is 9.98. The molecular formula is C27H26N2O6. The van der Waals surface area contributed by atoms with Crippen molar-refractivity contribution in [3.05, 3.63) is 83.4 Å². The van der Waals surface area contributed by atoms with Gasteiger partial charge in [0.2, 0.25) is 5.91 Å². The first kappa shape index (κ1) is 23.8. The highest BCUT2D eigenvalue weighted by atomic mass is 16.5. The lowest BCUT2D eigenvalue weighted by Gasteiger charge is -2.19. The van der Waals surface area contributed by atoms with Gasteiger partial charge in [0.25, 0.3) is 0 Å². The molecular weight excluding hydrogens is 448 g/mol. The number of carbonyl (C=O) groups is 3. The fourth-order valence-corrected chi connectivity index (χ4v) is 4.30. The molecule has 2 amide bonds. The molecule has 0 fully saturated rings. The number of nitrogens with one attached hydrogen (secondary N) is 2. The van der Waals surface area contributed by atoms with Crippen molar-refractivity contribution in [1.29, 1.82) is 0 Å². The second-order valence-electron chi connectivity index (χ2n) is 8.14. The summed E-state index contributed by atoms with van der Waals surface area (Å²) < 4.78 is 10.6. The Morgan fingerprint density at radius 1 is 0.971 bits per heavy atom. The summed E-state index contributed by atoms with van der Waals surface area (Å²) in [7, 11) is 1.44. The zero-order valence-corrected chi connectivity index (χ0v) is 19.4. The van der Waals surface area contributed by atoms with Gasteiger partial charge in [-0.2, -0.15) is 0 Å².